The number of amidine groups is 1. The minimum atomic E-state index is -3.98. The van der Waals surface area contributed by atoms with Crippen molar-refractivity contribution in [2.45, 2.75) is 23.8 Å². The Hall–Kier alpha value is -3.76. The predicted molar refractivity (Wildman–Crippen MR) is 142 cm³/mol. The van der Waals surface area contributed by atoms with Crippen molar-refractivity contribution < 1.29 is 18.0 Å². The van der Waals surface area contributed by atoms with Gasteiger partial charge in [0.15, 0.2) is 0 Å². The van der Waals surface area contributed by atoms with Crippen LogP contribution in [-0.2, 0) is 26.0 Å². The molecule has 2 aliphatic rings. The van der Waals surface area contributed by atoms with Gasteiger partial charge in [-0.15, -0.1) is 0 Å². The third-order valence-corrected chi connectivity index (χ3v) is 8.53. The van der Waals surface area contributed by atoms with Gasteiger partial charge in [-0.3, -0.25) is 14.6 Å². The fourth-order valence-electron chi connectivity index (χ4n) is 4.65. The number of nitrogens with zero attached hydrogens (tertiary/aromatic N) is 2. The van der Waals surface area contributed by atoms with Gasteiger partial charge in [-0.05, 0) is 34.9 Å². The van der Waals surface area contributed by atoms with E-state index in [1.807, 2.05) is 48.5 Å². The highest BCUT2D eigenvalue weighted by Crippen LogP contribution is 2.25. The molecule has 10 heteroatoms. The van der Waals surface area contributed by atoms with Crippen molar-refractivity contribution in [1.29, 1.82) is 0 Å². The molecule has 192 valence electrons. The number of piperazine rings is 1. The maximum absolute atomic E-state index is 13.5. The van der Waals surface area contributed by atoms with Gasteiger partial charge in [0.2, 0.25) is 21.8 Å². The second-order valence-electron chi connectivity index (χ2n) is 9.09. The Morgan fingerprint density at radius 3 is 2.54 bits per heavy atom. The summed E-state index contributed by atoms with van der Waals surface area (Å²) in [6, 6.07) is 19.3. The van der Waals surface area contributed by atoms with Crippen molar-refractivity contribution in [1.82, 2.24) is 20.3 Å². The first-order valence-corrected chi connectivity index (χ1v) is 13.8. The molecular weight excluding hydrogens is 490 g/mol. The first-order chi connectivity index (χ1) is 17.9. The van der Waals surface area contributed by atoms with Crippen LogP contribution < -0.4 is 16.0 Å². The fraction of sp³-hybridized carbons (Fsp3) is 0.296. The van der Waals surface area contributed by atoms with Crippen LogP contribution in [0.15, 0.2) is 76.6 Å². The molecule has 0 unspecified atom stereocenters. The molecule has 1 atom stereocenters. The quantitative estimate of drug-likeness (QED) is 0.416. The average molecular weight is 520 g/mol. The molecular formula is C27H29N5O4S. The van der Waals surface area contributed by atoms with Crippen LogP contribution in [0.5, 0.6) is 0 Å². The summed E-state index contributed by atoms with van der Waals surface area (Å²) in [6.07, 6.45) is 0.366. The number of aliphatic imine (C=N–C) groups is 1. The zero-order chi connectivity index (χ0) is 25.8. The zero-order valence-electron chi connectivity index (χ0n) is 20.3. The first-order valence-electron chi connectivity index (χ1n) is 12.3. The van der Waals surface area contributed by atoms with Crippen molar-refractivity contribution in [3.63, 3.8) is 0 Å². The molecule has 2 aliphatic heterocycles. The van der Waals surface area contributed by atoms with Crippen LogP contribution in [0.2, 0.25) is 0 Å². The van der Waals surface area contributed by atoms with Gasteiger partial charge >= 0.3 is 0 Å². The summed E-state index contributed by atoms with van der Waals surface area (Å²) in [6.45, 7) is 2.31. The highest BCUT2D eigenvalue weighted by molar-refractivity contribution is 7.89. The van der Waals surface area contributed by atoms with E-state index in [0.717, 1.165) is 45.1 Å². The van der Waals surface area contributed by atoms with Gasteiger partial charge in [0.25, 0.3) is 0 Å². The van der Waals surface area contributed by atoms with Gasteiger partial charge in [-0.1, -0.05) is 54.6 Å². The Labute approximate surface area is 216 Å². The van der Waals surface area contributed by atoms with Crippen LogP contribution in [0.25, 0.3) is 10.8 Å². The van der Waals surface area contributed by atoms with Crippen LogP contribution >= 0.6 is 0 Å². The molecule has 2 amide bonds. The van der Waals surface area contributed by atoms with Gasteiger partial charge in [-0.25, -0.2) is 8.42 Å². The van der Waals surface area contributed by atoms with Crippen molar-refractivity contribution in [2.24, 2.45) is 4.99 Å². The number of fused-ring (bicyclic) bond motifs is 1. The maximum Gasteiger partial charge on any atom is 0.243 e. The van der Waals surface area contributed by atoms with E-state index in [4.69, 9.17) is 0 Å². The Morgan fingerprint density at radius 2 is 1.78 bits per heavy atom. The summed E-state index contributed by atoms with van der Waals surface area (Å²) in [5, 5.41) is 10.5. The molecule has 1 saturated heterocycles. The van der Waals surface area contributed by atoms with Crippen molar-refractivity contribution in [3.8, 4) is 0 Å². The summed E-state index contributed by atoms with van der Waals surface area (Å²) in [5.74, 6) is 0.0560. The molecule has 3 N–H and O–H groups in total. The van der Waals surface area contributed by atoms with Crippen molar-refractivity contribution in [3.05, 3.63) is 77.9 Å². The van der Waals surface area contributed by atoms with Crippen LogP contribution in [-0.4, -0.2) is 69.1 Å². The number of carbonyl (C=O) groups is 2. The van der Waals surface area contributed by atoms with E-state index >= 15 is 0 Å². The van der Waals surface area contributed by atoms with Gasteiger partial charge in [-0.2, -0.15) is 4.31 Å². The topological polar surface area (TPSA) is 120 Å². The number of hydrogen-bond donors (Lipinski definition) is 3. The van der Waals surface area contributed by atoms with Crippen LogP contribution in [0.1, 0.15) is 17.5 Å². The molecule has 5 rings (SSSR count). The minimum absolute atomic E-state index is 0.103. The summed E-state index contributed by atoms with van der Waals surface area (Å²) in [4.78, 5) is 29.9. The summed E-state index contributed by atoms with van der Waals surface area (Å²) in [7, 11) is -3.98. The molecule has 0 spiro atoms. The molecule has 1 fully saturated rings. The van der Waals surface area contributed by atoms with E-state index in [9.17, 15) is 18.0 Å². The third kappa shape index (κ3) is 5.50. The van der Waals surface area contributed by atoms with Gasteiger partial charge in [0.05, 0.1) is 17.9 Å². The van der Waals surface area contributed by atoms with Crippen molar-refractivity contribution in [2.75, 3.05) is 32.7 Å². The largest absolute Gasteiger partial charge is 0.368 e. The summed E-state index contributed by atoms with van der Waals surface area (Å²) >= 11 is 0. The van der Waals surface area contributed by atoms with Gasteiger partial charge in [0, 0.05) is 31.7 Å². The molecule has 9 nitrogen and oxygen atoms in total. The van der Waals surface area contributed by atoms with Crippen LogP contribution in [0, 0.1) is 0 Å². The molecule has 0 aromatic heterocycles. The molecule has 0 saturated carbocycles. The maximum atomic E-state index is 13.5. The first kappa shape index (κ1) is 24.9. The van der Waals surface area contributed by atoms with Gasteiger partial charge < -0.3 is 16.0 Å². The smallest absolute Gasteiger partial charge is 0.243 e. The number of sulfonamides is 1. The van der Waals surface area contributed by atoms with E-state index in [0.29, 0.717) is 13.0 Å². The van der Waals surface area contributed by atoms with E-state index in [-0.39, 0.29) is 30.3 Å². The lowest BCUT2D eigenvalue weighted by Crippen LogP contribution is -2.58. The fourth-order valence-corrected chi connectivity index (χ4v) is 6.28. The number of amides is 2. The summed E-state index contributed by atoms with van der Waals surface area (Å²) in [5.41, 5.74) is 2.08. The number of hydrogen-bond acceptors (Lipinski definition) is 6. The predicted octanol–water partition coefficient (Wildman–Crippen LogP) is 1.43. The molecule has 2 heterocycles. The average Bonchev–Trinajstić information content (AvgIpc) is 3.45. The zero-order valence-corrected chi connectivity index (χ0v) is 21.1. The molecule has 0 bridgehead atoms. The normalized spacial score (nSPS) is 18.2. The Morgan fingerprint density at radius 1 is 1.00 bits per heavy atom. The Balaban J connectivity index is 1.22. The molecule has 0 aliphatic carbocycles. The lowest BCUT2D eigenvalue weighted by molar-refractivity contribution is -0.131. The molecule has 37 heavy (non-hydrogen) atoms. The highest BCUT2D eigenvalue weighted by atomic mass is 32.2. The van der Waals surface area contributed by atoms with Gasteiger partial charge in [0.1, 0.15) is 11.9 Å². The standard InChI is InChI=1S/C27H29N5O4S/c33-25(28-12-11-19-5-7-21(8-6-19)26-29-13-14-30-26)18-24-27(34)31-15-16-32(24)37(35,36)23-10-9-20-3-1-2-4-22(20)17-23/h1-10,17,24H,11-16,18H2,(H,28,33)(H,29,30)(H,31,34)/t24-/m1/s1. The van der Waals surface area contributed by atoms with Crippen LogP contribution in [0.4, 0.5) is 0 Å². The second-order valence-corrected chi connectivity index (χ2v) is 11.0. The molecule has 3 aromatic rings. The summed E-state index contributed by atoms with van der Waals surface area (Å²) < 4.78 is 28.1. The molecule has 0 radical (unpaired) electrons. The SMILES string of the molecule is O=C(C[C@@H]1C(=O)NCCN1S(=O)(=O)c1ccc2ccccc2c1)NCCc1ccc(C2=NCCN2)cc1. The Kier molecular flexibility index (Phi) is 7.20. The van der Waals surface area contributed by atoms with E-state index in [1.165, 1.54) is 0 Å². The van der Waals surface area contributed by atoms with Crippen LogP contribution in [0.3, 0.4) is 0 Å². The number of benzene rings is 3. The van der Waals surface area contributed by atoms with Crippen molar-refractivity contribution >= 4 is 38.4 Å². The lowest BCUT2D eigenvalue weighted by atomic mass is 10.1. The number of nitrogens with one attached hydrogen (secondary N) is 3. The third-order valence-electron chi connectivity index (χ3n) is 6.63. The highest BCUT2D eigenvalue weighted by Gasteiger charge is 2.39. The second kappa shape index (κ2) is 10.7. The monoisotopic (exact) mass is 519 g/mol. The van der Waals surface area contributed by atoms with E-state index in [1.54, 1.807) is 18.2 Å². The number of rotatable bonds is 8. The van der Waals surface area contributed by atoms with E-state index < -0.39 is 22.0 Å². The number of carbonyl (C=O) groups excluding carboxylic acids is 2. The van der Waals surface area contributed by atoms with E-state index in [2.05, 4.69) is 20.9 Å². The molecule has 3 aromatic carbocycles. The Bertz CT molecular complexity index is 1450. The lowest BCUT2D eigenvalue weighted by Gasteiger charge is -2.33. The minimum Gasteiger partial charge on any atom is -0.368 e.